The Labute approximate surface area is 107 Å². The Bertz CT molecular complexity index is 223. The van der Waals surface area contributed by atoms with Crippen LogP contribution in [0.15, 0.2) is 0 Å². The van der Waals surface area contributed by atoms with Crippen LogP contribution >= 0.6 is 0 Å². The lowest BCUT2D eigenvalue weighted by atomic mass is 9.90. The second-order valence-electron chi connectivity index (χ2n) is 6.49. The SMILES string of the molecule is CCCC1CC(NCC2CC2)CN(C(C)C)C1. The van der Waals surface area contributed by atoms with E-state index in [0.29, 0.717) is 6.04 Å². The molecule has 1 aliphatic carbocycles. The zero-order valence-electron chi connectivity index (χ0n) is 11.9. The summed E-state index contributed by atoms with van der Waals surface area (Å²) in [5, 5.41) is 3.82. The van der Waals surface area contributed by atoms with Crippen LogP contribution < -0.4 is 5.32 Å². The summed E-state index contributed by atoms with van der Waals surface area (Å²) in [5.74, 6) is 1.93. The standard InChI is InChI=1S/C15H30N2/c1-4-5-14-8-15(16-9-13-6-7-13)11-17(10-14)12(2)3/h12-16H,4-11H2,1-3H3. The fraction of sp³-hybridized carbons (Fsp3) is 1.00. The van der Waals surface area contributed by atoms with E-state index in [9.17, 15) is 0 Å². The Morgan fingerprint density at radius 1 is 1.18 bits per heavy atom. The highest BCUT2D eigenvalue weighted by molar-refractivity contribution is 4.86. The Morgan fingerprint density at radius 2 is 1.94 bits per heavy atom. The summed E-state index contributed by atoms with van der Waals surface area (Å²) in [6.07, 6.45) is 7.08. The van der Waals surface area contributed by atoms with Crippen LogP contribution in [0.25, 0.3) is 0 Å². The van der Waals surface area contributed by atoms with Gasteiger partial charge in [-0.05, 0) is 57.9 Å². The molecule has 100 valence electrons. The zero-order valence-corrected chi connectivity index (χ0v) is 11.9. The van der Waals surface area contributed by atoms with Crippen molar-refractivity contribution >= 4 is 0 Å². The number of nitrogens with one attached hydrogen (secondary N) is 1. The molecule has 2 rings (SSSR count). The zero-order chi connectivity index (χ0) is 12.3. The highest BCUT2D eigenvalue weighted by Crippen LogP contribution is 2.29. The molecule has 0 aromatic heterocycles. The van der Waals surface area contributed by atoms with E-state index in [1.807, 2.05) is 0 Å². The van der Waals surface area contributed by atoms with Crippen LogP contribution in [-0.2, 0) is 0 Å². The van der Waals surface area contributed by atoms with Gasteiger partial charge in [0, 0.05) is 25.2 Å². The molecule has 1 aliphatic heterocycles. The molecule has 2 nitrogen and oxygen atoms in total. The molecule has 2 heteroatoms. The van der Waals surface area contributed by atoms with Gasteiger partial charge in [-0.25, -0.2) is 0 Å². The Hall–Kier alpha value is -0.0800. The number of nitrogens with zero attached hydrogens (tertiary/aromatic N) is 1. The van der Waals surface area contributed by atoms with Gasteiger partial charge < -0.3 is 5.32 Å². The number of rotatable bonds is 6. The van der Waals surface area contributed by atoms with E-state index in [0.717, 1.165) is 17.9 Å². The first kappa shape index (κ1) is 13.4. The molecule has 2 atom stereocenters. The van der Waals surface area contributed by atoms with E-state index in [1.54, 1.807) is 0 Å². The van der Waals surface area contributed by atoms with Gasteiger partial charge in [0.15, 0.2) is 0 Å². The monoisotopic (exact) mass is 238 g/mol. The Morgan fingerprint density at radius 3 is 2.53 bits per heavy atom. The Kier molecular flexibility index (Phi) is 4.87. The molecular weight excluding hydrogens is 208 g/mol. The molecule has 1 saturated carbocycles. The molecule has 1 heterocycles. The molecule has 0 bridgehead atoms. The molecule has 0 aromatic carbocycles. The average molecular weight is 238 g/mol. The lowest BCUT2D eigenvalue weighted by molar-refractivity contribution is 0.107. The maximum Gasteiger partial charge on any atom is 0.0198 e. The predicted molar refractivity (Wildman–Crippen MR) is 74.2 cm³/mol. The van der Waals surface area contributed by atoms with Gasteiger partial charge in [0.1, 0.15) is 0 Å². The van der Waals surface area contributed by atoms with E-state index in [2.05, 4.69) is 31.0 Å². The molecule has 17 heavy (non-hydrogen) atoms. The quantitative estimate of drug-likeness (QED) is 0.765. The van der Waals surface area contributed by atoms with Gasteiger partial charge in [-0.3, -0.25) is 4.90 Å². The van der Waals surface area contributed by atoms with Crippen molar-refractivity contribution in [2.75, 3.05) is 19.6 Å². The van der Waals surface area contributed by atoms with Gasteiger partial charge in [-0.2, -0.15) is 0 Å². The van der Waals surface area contributed by atoms with Crippen LogP contribution in [0.5, 0.6) is 0 Å². The van der Waals surface area contributed by atoms with Crippen LogP contribution in [0.3, 0.4) is 0 Å². The third-order valence-corrected chi connectivity index (χ3v) is 4.38. The van der Waals surface area contributed by atoms with Crippen molar-refractivity contribution in [2.45, 2.75) is 65.0 Å². The van der Waals surface area contributed by atoms with E-state index in [1.165, 1.54) is 51.7 Å². The molecule has 0 amide bonds. The van der Waals surface area contributed by atoms with E-state index in [4.69, 9.17) is 0 Å². The van der Waals surface area contributed by atoms with Crippen LogP contribution in [0.2, 0.25) is 0 Å². The first-order valence-electron chi connectivity index (χ1n) is 7.66. The van der Waals surface area contributed by atoms with Crippen molar-refractivity contribution in [3.05, 3.63) is 0 Å². The second kappa shape index (κ2) is 6.19. The fourth-order valence-corrected chi connectivity index (χ4v) is 3.08. The molecule has 2 aliphatic rings. The van der Waals surface area contributed by atoms with Crippen molar-refractivity contribution in [3.8, 4) is 0 Å². The lowest BCUT2D eigenvalue weighted by Crippen LogP contribution is -2.51. The summed E-state index contributed by atoms with van der Waals surface area (Å²) in [4.78, 5) is 2.67. The lowest BCUT2D eigenvalue weighted by Gasteiger charge is -2.40. The minimum absolute atomic E-state index is 0.708. The fourth-order valence-electron chi connectivity index (χ4n) is 3.08. The molecule has 1 saturated heterocycles. The van der Waals surface area contributed by atoms with E-state index < -0.39 is 0 Å². The first-order valence-corrected chi connectivity index (χ1v) is 7.66. The molecule has 0 radical (unpaired) electrons. The van der Waals surface area contributed by atoms with E-state index >= 15 is 0 Å². The van der Waals surface area contributed by atoms with Gasteiger partial charge in [0.05, 0.1) is 0 Å². The third kappa shape index (κ3) is 4.26. The molecule has 2 fully saturated rings. The van der Waals surface area contributed by atoms with Crippen molar-refractivity contribution in [1.82, 2.24) is 10.2 Å². The summed E-state index contributed by atoms with van der Waals surface area (Å²) < 4.78 is 0. The molecule has 0 aromatic rings. The summed E-state index contributed by atoms with van der Waals surface area (Å²) in [6.45, 7) is 10.9. The second-order valence-corrected chi connectivity index (χ2v) is 6.49. The highest BCUT2D eigenvalue weighted by Gasteiger charge is 2.29. The van der Waals surface area contributed by atoms with Gasteiger partial charge in [0.2, 0.25) is 0 Å². The smallest absolute Gasteiger partial charge is 0.0198 e. The normalized spacial score (nSPS) is 31.1. The minimum atomic E-state index is 0.708. The van der Waals surface area contributed by atoms with Crippen molar-refractivity contribution in [2.24, 2.45) is 11.8 Å². The van der Waals surface area contributed by atoms with Gasteiger partial charge in [-0.1, -0.05) is 13.3 Å². The number of piperidine rings is 1. The van der Waals surface area contributed by atoms with Crippen molar-refractivity contribution in [3.63, 3.8) is 0 Å². The summed E-state index contributed by atoms with van der Waals surface area (Å²) >= 11 is 0. The number of hydrogen-bond acceptors (Lipinski definition) is 2. The molecule has 2 unspecified atom stereocenters. The van der Waals surface area contributed by atoms with Crippen LogP contribution in [0, 0.1) is 11.8 Å². The summed E-state index contributed by atoms with van der Waals surface area (Å²) in [6, 6.07) is 1.46. The topological polar surface area (TPSA) is 15.3 Å². The maximum absolute atomic E-state index is 3.82. The molecule has 1 N–H and O–H groups in total. The molecule has 0 spiro atoms. The minimum Gasteiger partial charge on any atom is -0.312 e. The van der Waals surface area contributed by atoms with Gasteiger partial charge >= 0.3 is 0 Å². The molecular formula is C15H30N2. The maximum atomic E-state index is 3.82. The van der Waals surface area contributed by atoms with E-state index in [-0.39, 0.29) is 0 Å². The van der Waals surface area contributed by atoms with Crippen LogP contribution in [0.1, 0.15) is 52.9 Å². The first-order chi connectivity index (χ1) is 8.19. The van der Waals surface area contributed by atoms with Crippen molar-refractivity contribution < 1.29 is 0 Å². The van der Waals surface area contributed by atoms with Crippen LogP contribution in [-0.4, -0.2) is 36.6 Å². The third-order valence-electron chi connectivity index (χ3n) is 4.38. The average Bonchev–Trinajstić information content (AvgIpc) is 3.10. The number of hydrogen-bond donors (Lipinski definition) is 1. The highest BCUT2D eigenvalue weighted by atomic mass is 15.2. The summed E-state index contributed by atoms with van der Waals surface area (Å²) in [7, 11) is 0. The number of likely N-dealkylation sites (tertiary alicyclic amines) is 1. The predicted octanol–water partition coefficient (Wildman–Crippen LogP) is 2.89. The largest absolute Gasteiger partial charge is 0.312 e. The Balaban J connectivity index is 1.81. The van der Waals surface area contributed by atoms with Crippen molar-refractivity contribution in [1.29, 1.82) is 0 Å². The van der Waals surface area contributed by atoms with Crippen LogP contribution in [0.4, 0.5) is 0 Å². The van der Waals surface area contributed by atoms with Gasteiger partial charge in [0.25, 0.3) is 0 Å². The summed E-state index contributed by atoms with van der Waals surface area (Å²) in [5.41, 5.74) is 0. The van der Waals surface area contributed by atoms with Gasteiger partial charge in [-0.15, -0.1) is 0 Å².